The Bertz CT molecular complexity index is 220. The highest BCUT2D eigenvalue weighted by molar-refractivity contribution is 6.74. The third-order valence-electron chi connectivity index (χ3n) is 3.26. The van der Waals surface area contributed by atoms with Gasteiger partial charge in [0.25, 0.3) is 0 Å². The average molecular weight is 325 g/mol. The Hall–Kier alpha value is -0.0231. The topological polar surface area (TPSA) is 100.0 Å². The lowest BCUT2D eigenvalue weighted by Crippen LogP contribution is -2.41. The first-order chi connectivity index (χ1) is 9.72. The van der Waals surface area contributed by atoms with Gasteiger partial charge in [0.15, 0.2) is 8.32 Å². The second-order valence-electron chi connectivity index (χ2n) is 6.13. The van der Waals surface area contributed by atoms with E-state index in [0.29, 0.717) is 46.1 Å². The van der Waals surface area contributed by atoms with Crippen molar-refractivity contribution in [2.24, 2.45) is 11.5 Å². The molecule has 6 nitrogen and oxygen atoms in total. The van der Waals surface area contributed by atoms with E-state index in [0.717, 1.165) is 0 Å². The fourth-order valence-electron chi connectivity index (χ4n) is 1.01. The summed E-state index contributed by atoms with van der Waals surface area (Å²) in [5, 5.41) is 8.41. The lowest BCUT2D eigenvalue weighted by atomic mass is 10.2. The van der Waals surface area contributed by atoms with Crippen molar-refractivity contribution >= 4 is 8.32 Å². The van der Waals surface area contributed by atoms with Gasteiger partial charge in [0.05, 0.1) is 39.6 Å². The smallest absolute Gasteiger partial charge is 0.192 e. The van der Waals surface area contributed by atoms with E-state index in [9.17, 15) is 0 Å². The molecule has 0 bridgehead atoms. The Balaban J connectivity index is 0. The Morgan fingerprint density at radius 2 is 1.33 bits per heavy atom. The fourth-order valence-corrected chi connectivity index (χ4v) is 2.03. The molecular weight excluding hydrogens is 288 g/mol. The van der Waals surface area contributed by atoms with E-state index in [1.807, 2.05) is 0 Å². The highest BCUT2D eigenvalue weighted by Crippen LogP contribution is 2.36. The van der Waals surface area contributed by atoms with Crippen LogP contribution in [0.4, 0.5) is 0 Å². The summed E-state index contributed by atoms with van der Waals surface area (Å²) < 4.78 is 15.9. The molecule has 21 heavy (non-hydrogen) atoms. The summed E-state index contributed by atoms with van der Waals surface area (Å²) in [6, 6.07) is 0. The van der Waals surface area contributed by atoms with Crippen molar-refractivity contribution in [1.29, 1.82) is 0 Å². The number of rotatable bonds is 10. The van der Waals surface area contributed by atoms with Crippen LogP contribution in [0.1, 0.15) is 20.8 Å². The van der Waals surface area contributed by atoms with Crippen LogP contribution in [0.2, 0.25) is 18.1 Å². The van der Waals surface area contributed by atoms with Crippen LogP contribution in [0.3, 0.4) is 0 Å². The molecule has 0 aliphatic heterocycles. The van der Waals surface area contributed by atoms with Crippen LogP contribution in [0.5, 0.6) is 0 Å². The Labute approximate surface area is 131 Å². The standard InChI is InChI=1S/C10H25NO2Si.C4H11NO2/c1-10(2,3)14(4,5)13-9-8-12-7-6-11;5-1-3-7-4-2-6/h6-9,11H2,1-5H3;6H,1-5H2. The summed E-state index contributed by atoms with van der Waals surface area (Å²) >= 11 is 0. The van der Waals surface area contributed by atoms with E-state index < -0.39 is 8.32 Å². The predicted octanol–water partition coefficient (Wildman–Crippen LogP) is 0.938. The van der Waals surface area contributed by atoms with Crippen molar-refractivity contribution in [2.75, 3.05) is 52.7 Å². The van der Waals surface area contributed by atoms with Crippen LogP contribution in [0, 0.1) is 0 Å². The molecule has 0 rings (SSSR count). The van der Waals surface area contributed by atoms with Crippen LogP contribution >= 0.6 is 0 Å². The lowest BCUT2D eigenvalue weighted by molar-refractivity contribution is 0.0976. The van der Waals surface area contributed by atoms with Gasteiger partial charge in [-0.1, -0.05) is 20.8 Å². The number of aliphatic hydroxyl groups excluding tert-OH is 1. The van der Waals surface area contributed by atoms with Crippen molar-refractivity contribution < 1.29 is 19.0 Å². The van der Waals surface area contributed by atoms with Gasteiger partial charge in [0.1, 0.15) is 0 Å². The zero-order valence-corrected chi connectivity index (χ0v) is 15.5. The van der Waals surface area contributed by atoms with Gasteiger partial charge in [0.2, 0.25) is 0 Å². The van der Waals surface area contributed by atoms with Gasteiger partial charge in [-0.15, -0.1) is 0 Å². The molecule has 0 atom stereocenters. The van der Waals surface area contributed by atoms with E-state index in [1.165, 1.54) is 0 Å². The second-order valence-corrected chi connectivity index (χ2v) is 10.9. The molecule has 0 amide bonds. The molecule has 0 aromatic rings. The van der Waals surface area contributed by atoms with Gasteiger partial charge < -0.3 is 30.5 Å². The SMILES string of the molecule is CC(C)(C)[Si](C)(C)OCCOCCN.NCCOCCO. The number of aliphatic hydroxyl groups is 1. The minimum absolute atomic E-state index is 0.0833. The third-order valence-corrected chi connectivity index (χ3v) is 7.79. The van der Waals surface area contributed by atoms with Gasteiger partial charge in [-0.3, -0.25) is 0 Å². The molecule has 5 N–H and O–H groups in total. The highest BCUT2D eigenvalue weighted by Gasteiger charge is 2.36. The van der Waals surface area contributed by atoms with Gasteiger partial charge in [0, 0.05) is 13.1 Å². The summed E-state index contributed by atoms with van der Waals surface area (Å²) in [6.07, 6.45) is 0. The summed E-state index contributed by atoms with van der Waals surface area (Å²) in [4.78, 5) is 0. The second kappa shape index (κ2) is 13.6. The molecule has 0 aromatic carbocycles. The Kier molecular flexibility index (Phi) is 15.1. The van der Waals surface area contributed by atoms with Gasteiger partial charge >= 0.3 is 0 Å². The number of hydrogen-bond donors (Lipinski definition) is 3. The number of ether oxygens (including phenoxy) is 2. The molecule has 0 saturated heterocycles. The van der Waals surface area contributed by atoms with Gasteiger partial charge in [-0.25, -0.2) is 0 Å². The van der Waals surface area contributed by atoms with E-state index >= 15 is 0 Å². The first-order valence-electron chi connectivity index (χ1n) is 7.53. The van der Waals surface area contributed by atoms with Crippen molar-refractivity contribution in [3.63, 3.8) is 0 Å². The van der Waals surface area contributed by atoms with Crippen LogP contribution in [-0.4, -0.2) is 66.2 Å². The summed E-state index contributed by atoms with van der Waals surface area (Å²) in [5.74, 6) is 0. The molecule has 0 radical (unpaired) electrons. The maximum atomic E-state index is 8.13. The largest absolute Gasteiger partial charge is 0.414 e. The minimum atomic E-state index is -1.58. The van der Waals surface area contributed by atoms with Crippen molar-refractivity contribution in [3.05, 3.63) is 0 Å². The lowest BCUT2D eigenvalue weighted by Gasteiger charge is -2.36. The zero-order valence-electron chi connectivity index (χ0n) is 14.5. The molecule has 0 spiro atoms. The minimum Gasteiger partial charge on any atom is -0.414 e. The fraction of sp³-hybridized carbons (Fsp3) is 1.00. The van der Waals surface area contributed by atoms with Crippen LogP contribution in [0.15, 0.2) is 0 Å². The molecule has 0 aliphatic rings. The van der Waals surface area contributed by atoms with Crippen LogP contribution < -0.4 is 11.5 Å². The van der Waals surface area contributed by atoms with E-state index in [1.54, 1.807) is 0 Å². The third kappa shape index (κ3) is 14.7. The molecule has 0 saturated carbocycles. The van der Waals surface area contributed by atoms with Crippen LogP contribution in [-0.2, 0) is 13.9 Å². The molecule has 0 fully saturated rings. The van der Waals surface area contributed by atoms with E-state index in [4.69, 9.17) is 30.5 Å². The number of nitrogens with two attached hydrogens (primary N) is 2. The van der Waals surface area contributed by atoms with E-state index in [-0.39, 0.29) is 11.6 Å². The molecule has 130 valence electrons. The van der Waals surface area contributed by atoms with Crippen molar-refractivity contribution in [1.82, 2.24) is 0 Å². The molecular formula is C14H36N2O4Si. The highest BCUT2D eigenvalue weighted by atomic mass is 28.4. The van der Waals surface area contributed by atoms with Crippen molar-refractivity contribution in [3.8, 4) is 0 Å². The quantitative estimate of drug-likeness (QED) is 0.408. The first-order valence-corrected chi connectivity index (χ1v) is 10.4. The summed E-state index contributed by atoms with van der Waals surface area (Å²) in [5.41, 5.74) is 10.4. The maximum Gasteiger partial charge on any atom is 0.192 e. The molecule has 0 aromatic heterocycles. The van der Waals surface area contributed by atoms with Crippen molar-refractivity contribution in [2.45, 2.75) is 38.9 Å². The summed E-state index contributed by atoms with van der Waals surface area (Å²) in [7, 11) is -1.58. The monoisotopic (exact) mass is 324 g/mol. The molecule has 0 aliphatic carbocycles. The van der Waals surface area contributed by atoms with Crippen LogP contribution in [0.25, 0.3) is 0 Å². The molecule has 0 unspecified atom stereocenters. The van der Waals surface area contributed by atoms with Gasteiger partial charge in [-0.2, -0.15) is 0 Å². The normalized spacial score (nSPS) is 12.0. The molecule has 0 heterocycles. The molecule has 7 heteroatoms. The Morgan fingerprint density at radius 1 is 0.857 bits per heavy atom. The van der Waals surface area contributed by atoms with E-state index in [2.05, 4.69) is 33.9 Å². The first kappa shape index (κ1) is 23.2. The predicted molar refractivity (Wildman–Crippen MR) is 90.0 cm³/mol. The Morgan fingerprint density at radius 3 is 1.71 bits per heavy atom. The maximum absolute atomic E-state index is 8.13. The average Bonchev–Trinajstić information content (AvgIpc) is 2.38. The zero-order chi connectivity index (χ0) is 16.8. The number of hydrogen-bond acceptors (Lipinski definition) is 6. The summed E-state index contributed by atoms with van der Waals surface area (Å²) in [6.45, 7) is 15.3. The van der Waals surface area contributed by atoms with Gasteiger partial charge in [-0.05, 0) is 18.1 Å².